The van der Waals surface area contributed by atoms with E-state index in [0.29, 0.717) is 38.6 Å². The van der Waals surface area contributed by atoms with Crippen LogP contribution in [0.4, 0.5) is 0 Å². The van der Waals surface area contributed by atoms with E-state index in [0.717, 1.165) is 6.42 Å². The van der Waals surface area contributed by atoms with E-state index in [9.17, 15) is 13.2 Å². The molecule has 1 aliphatic heterocycles. The van der Waals surface area contributed by atoms with Gasteiger partial charge >= 0.3 is 0 Å². The maximum Gasteiger partial charge on any atom is 0.220 e. The van der Waals surface area contributed by atoms with Crippen LogP contribution in [0, 0.1) is 5.92 Å². The first-order valence-electron chi connectivity index (χ1n) is 7.78. The highest BCUT2D eigenvalue weighted by Crippen LogP contribution is 2.28. The van der Waals surface area contributed by atoms with E-state index in [4.69, 9.17) is 4.74 Å². The molecule has 1 atom stereocenters. The summed E-state index contributed by atoms with van der Waals surface area (Å²) in [6.07, 6.45) is 7.58. The Morgan fingerprint density at radius 3 is 2.71 bits per heavy atom. The molecule has 0 aromatic heterocycles. The van der Waals surface area contributed by atoms with Gasteiger partial charge in [0.1, 0.15) is 0 Å². The molecule has 7 heteroatoms. The first kappa shape index (κ1) is 16.7. The third-order valence-corrected chi connectivity index (χ3v) is 5.62. The van der Waals surface area contributed by atoms with Crippen molar-refractivity contribution >= 4 is 15.9 Å². The summed E-state index contributed by atoms with van der Waals surface area (Å²) >= 11 is 0. The van der Waals surface area contributed by atoms with Crippen molar-refractivity contribution in [2.45, 2.75) is 44.6 Å². The standard InChI is InChI=1S/C14H26N2O4S/c1-21(18,19)16-8-9-20-13(11-16)10-15-14(17)7-6-12-4-2-3-5-12/h12-13H,2-11H2,1H3,(H,15,17)/t13-/m1/s1. The topological polar surface area (TPSA) is 75.7 Å². The van der Waals surface area contributed by atoms with Gasteiger partial charge in [-0.15, -0.1) is 0 Å². The van der Waals surface area contributed by atoms with E-state index in [1.807, 2.05) is 0 Å². The summed E-state index contributed by atoms with van der Waals surface area (Å²) in [6.45, 7) is 1.48. The molecule has 1 heterocycles. The van der Waals surface area contributed by atoms with E-state index >= 15 is 0 Å². The number of carbonyl (C=O) groups is 1. The summed E-state index contributed by atoms with van der Waals surface area (Å²) in [5, 5.41) is 2.86. The molecular formula is C14H26N2O4S. The van der Waals surface area contributed by atoms with Gasteiger partial charge in [-0.3, -0.25) is 4.79 Å². The zero-order valence-electron chi connectivity index (χ0n) is 12.7. The van der Waals surface area contributed by atoms with Gasteiger partial charge in [0, 0.05) is 26.1 Å². The van der Waals surface area contributed by atoms with Gasteiger partial charge in [0.2, 0.25) is 15.9 Å². The van der Waals surface area contributed by atoms with Gasteiger partial charge in [0.25, 0.3) is 0 Å². The largest absolute Gasteiger partial charge is 0.374 e. The molecule has 0 spiro atoms. The van der Waals surface area contributed by atoms with Crippen LogP contribution >= 0.6 is 0 Å². The molecule has 1 saturated heterocycles. The first-order valence-corrected chi connectivity index (χ1v) is 9.63. The van der Waals surface area contributed by atoms with Gasteiger partial charge in [0.15, 0.2) is 0 Å². The second-order valence-electron chi connectivity index (χ2n) is 6.11. The molecule has 0 aromatic carbocycles. The lowest BCUT2D eigenvalue weighted by molar-refractivity contribution is -0.122. The maximum absolute atomic E-state index is 11.8. The van der Waals surface area contributed by atoms with Crippen LogP contribution in [-0.2, 0) is 19.6 Å². The molecule has 1 aliphatic carbocycles. The zero-order chi connectivity index (χ0) is 15.3. The van der Waals surface area contributed by atoms with Crippen LogP contribution in [0.2, 0.25) is 0 Å². The molecule has 0 radical (unpaired) electrons. The van der Waals surface area contributed by atoms with Crippen molar-refractivity contribution in [3.8, 4) is 0 Å². The Hall–Kier alpha value is -0.660. The Bertz CT molecular complexity index is 446. The average Bonchev–Trinajstić information content (AvgIpc) is 2.95. The van der Waals surface area contributed by atoms with Crippen LogP contribution in [0.1, 0.15) is 38.5 Å². The number of carbonyl (C=O) groups excluding carboxylic acids is 1. The Morgan fingerprint density at radius 2 is 2.05 bits per heavy atom. The Labute approximate surface area is 127 Å². The SMILES string of the molecule is CS(=O)(=O)N1CCO[C@H](CNC(=O)CCC2CCCC2)C1. The van der Waals surface area contributed by atoms with Crippen LogP contribution < -0.4 is 5.32 Å². The van der Waals surface area contributed by atoms with Crippen LogP contribution in [0.25, 0.3) is 0 Å². The summed E-state index contributed by atoms with van der Waals surface area (Å²) in [5.74, 6) is 0.754. The van der Waals surface area contributed by atoms with E-state index < -0.39 is 10.0 Å². The fourth-order valence-electron chi connectivity index (χ4n) is 3.07. The minimum Gasteiger partial charge on any atom is -0.374 e. The third kappa shape index (κ3) is 5.56. The highest BCUT2D eigenvalue weighted by atomic mass is 32.2. The minimum absolute atomic E-state index is 0.0435. The summed E-state index contributed by atoms with van der Waals surface area (Å²) in [7, 11) is -3.18. The summed E-state index contributed by atoms with van der Waals surface area (Å²) in [6, 6.07) is 0. The van der Waals surface area contributed by atoms with Crippen LogP contribution in [-0.4, -0.2) is 57.2 Å². The second kappa shape index (κ2) is 7.56. The third-order valence-electron chi connectivity index (χ3n) is 4.35. The van der Waals surface area contributed by atoms with Crippen molar-refractivity contribution < 1.29 is 17.9 Å². The van der Waals surface area contributed by atoms with Crippen LogP contribution in [0.5, 0.6) is 0 Å². The summed E-state index contributed by atoms with van der Waals surface area (Å²) in [4.78, 5) is 11.8. The van der Waals surface area contributed by atoms with Crippen molar-refractivity contribution in [2.75, 3.05) is 32.5 Å². The lowest BCUT2D eigenvalue weighted by atomic mass is 10.0. The summed E-state index contributed by atoms with van der Waals surface area (Å²) in [5.41, 5.74) is 0. The minimum atomic E-state index is -3.18. The molecule has 1 amide bonds. The molecule has 21 heavy (non-hydrogen) atoms. The molecule has 122 valence electrons. The number of hydrogen-bond donors (Lipinski definition) is 1. The van der Waals surface area contributed by atoms with Gasteiger partial charge in [-0.25, -0.2) is 8.42 Å². The molecular weight excluding hydrogens is 292 g/mol. The molecule has 2 aliphatic rings. The summed E-state index contributed by atoms with van der Waals surface area (Å²) < 4.78 is 29.9. The Balaban J connectivity index is 1.66. The fourth-order valence-corrected chi connectivity index (χ4v) is 3.91. The molecule has 2 rings (SSSR count). The normalized spacial score (nSPS) is 25.1. The number of sulfonamides is 1. The molecule has 1 N–H and O–H groups in total. The lowest BCUT2D eigenvalue weighted by Crippen LogP contribution is -2.49. The number of nitrogens with zero attached hydrogens (tertiary/aromatic N) is 1. The predicted molar refractivity (Wildman–Crippen MR) is 80.4 cm³/mol. The molecule has 0 bridgehead atoms. The quantitative estimate of drug-likeness (QED) is 0.783. The number of hydrogen-bond acceptors (Lipinski definition) is 4. The van der Waals surface area contributed by atoms with Gasteiger partial charge < -0.3 is 10.1 Å². The maximum atomic E-state index is 11.8. The molecule has 0 unspecified atom stereocenters. The van der Waals surface area contributed by atoms with Gasteiger partial charge in [-0.2, -0.15) is 4.31 Å². The first-order chi connectivity index (χ1) is 9.95. The van der Waals surface area contributed by atoms with Gasteiger partial charge in [-0.1, -0.05) is 25.7 Å². The van der Waals surface area contributed by atoms with Crippen molar-refractivity contribution in [1.29, 1.82) is 0 Å². The molecule has 0 aromatic rings. The Morgan fingerprint density at radius 1 is 1.33 bits per heavy atom. The molecule has 2 fully saturated rings. The van der Waals surface area contributed by atoms with Crippen molar-refractivity contribution in [3.63, 3.8) is 0 Å². The number of rotatable bonds is 6. The van der Waals surface area contributed by atoms with Gasteiger partial charge in [0.05, 0.1) is 19.0 Å². The average molecular weight is 318 g/mol. The van der Waals surface area contributed by atoms with Crippen LogP contribution in [0.3, 0.4) is 0 Å². The lowest BCUT2D eigenvalue weighted by Gasteiger charge is -2.31. The number of morpholine rings is 1. The van der Waals surface area contributed by atoms with E-state index in [2.05, 4.69) is 5.32 Å². The monoisotopic (exact) mass is 318 g/mol. The fraction of sp³-hybridized carbons (Fsp3) is 0.929. The molecule has 6 nitrogen and oxygen atoms in total. The van der Waals surface area contributed by atoms with E-state index in [-0.39, 0.29) is 12.0 Å². The van der Waals surface area contributed by atoms with Crippen molar-refractivity contribution in [2.24, 2.45) is 5.92 Å². The highest BCUT2D eigenvalue weighted by Gasteiger charge is 2.26. The number of amides is 1. The van der Waals surface area contributed by atoms with Crippen molar-refractivity contribution in [3.05, 3.63) is 0 Å². The predicted octanol–water partition coefficient (Wildman–Crippen LogP) is 0.733. The Kier molecular flexibility index (Phi) is 6.01. The molecule has 1 saturated carbocycles. The van der Waals surface area contributed by atoms with Crippen LogP contribution in [0.15, 0.2) is 0 Å². The number of ether oxygens (including phenoxy) is 1. The van der Waals surface area contributed by atoms with E-state index in [1.54, 1.807) is 0 Å². The zero-order valence-corrected chi connectivity index (χ0v) is 13.5. The second-order valence-corrected chi connectivity index (χ2v) is 8.09. The smallest absolute Gasteiger partial charge is 0.220 e. The highest BCUT2D eigenvalue weighted by molar-refractivity contribution is 7.88. The van der Waals surface area contributed by atoms with Crippen molar-refractivity contribution in [1.82, 2.24) is 9.62 Å². The number of nitrogens with one attached hydrogen (secondary N) is 1. The van der Waals surface area contributed by atoms with Gasteiger partial charge in [-0.05, 0) is 12.3 Å². The van der Waals surface area contributed by atoms with E-state index in [1.165, 1.54) is 36.2 Å².